The van der Waals surface area contributed by atoms with Crippen molar-refractivity contribution in [3.8, 4) is 0 Å². The molecule has 0 aromatic heterocycles. The first kappa shape index (κ1) is 10.6. The van der Waals surface area contributed by atoms with Gasteiger partial charge in [0, 0.05) is 6.42 Å². The Morgan fingerprint density at radius 3 is 1.46 bits per heavy atom. The molecule has 1 atom stereocenters. The zero-order chi connectivity index (χ0) is 10.5. The molecule has 0 N–H and O–H groups in total. The highest BCUT2D eigenvalue weighted by atomic mass is 19.4. The Bertz CT molecular complexity index is 182. The smallest absolute Gasteiger partial charge is 0.355 e. The molecular formula is C6H6F6O. The van der Waals surface area contributed by atoms with E-state index in [9.17, 15) is 26.3 Å². The fraction of sp³-hybridized carbons (Fsp3) is 1.00. The molecule has 0 aromatic carbocycles. The maximum absolute atomic E-state index is 12.0. The van der Waals surface area contributed by atoms with Crippen LogP contribution in [-0.4, -0.2) is 24.1 Å². The molecule has 1 aliphatic heterocycles. The van der Waals surface area contributed by atoms with Gasteiger partial charge in [-0.25, -0.2) is 0 Å². The lowest BCUT2D eigenvalue weighted by molar-refractivity contribution is -0.436. The van der Waals surface area contributed by atoms with Gasteiger partial charge in [0.2, 0.25) is 0 Å². The highest BCUT2D eigenvalue weighted by molar-refractivity contribution is 5.03. The monoisotopic (exact) mass is 208 g/mol. The Morgan fingerprint density at radius 1 is 1.08 bits per heavy atom. The van der Waals surface area contributed by atoms with Gasteiger partial charge >= 0.3 is 12.4 Å². The summed E-state index contributed by atoms with van der Waals surface area (Å²) in [5, 5.41) is 0. The molecule has 0 bridgehead atoms. The summed E-state index contributed by atoms with van der Waals surface area (Å²) in [6.07, 6.45) is -12.8. The number of hydrogen-bond acceptors (Lipinski definition) is 1. The number of alkyl halides is 6. The van der Waals surface area contributed by atoms with E-state index in [4.69, 9.17) is 0 Å². The summed E-state index contributed by atoms with van der Waals surface area (Å²) in [5.41, 5.74) is -3.93. The maximum Gasteiger partial charge on any atom is 0.426 e. The van der Waals surface area contributed by atoms with Gasteiger partial charge in [-0.15, -0.1) is 0 Å². The molecule has 1 fully saturated rings. The van der Waals surface area contributed by atoms with Gasteiger partial charge in [-0.2, -0.15) is 26.3 Å². The van der Waals surface area contributed by atoms with Gasteiger partial charge in [0.25, 0.3) is 5.60 Å². The second-order valence-corrected chi connectivity index (χ2v) is 2.96. The fourth-order valence-electron chi connectivity index (χ4n) is 1.26. The van der Waals surface area contributed by atoms with Crippen LogP contribution in [0, 0.1) is 0 Å². The van der Waals surface area contributed by atoms with Gasteiger partial charge in [-0.05, 0) is 6.92 Å². The summed E-state index contributed by atoms with van der Waals surface area (Å²) < 4.78 is 75.7. The topological polar surface area (TPSA) is 9.23 Å². The van der Waals surface area contributed by atoms with Gasteiger partial charge in [-0.3, -0.25) is 0 Å². The van der Waals surface area contributed by atoms with Crippen molar-refractivity contribution in [3.05, 3.63) is 0 Å². The Hall–Kier alpha value is -0.460. The average molecular weight is 208 g/mol. The second-order valence-electron chi connectivity index (χ2n) is 2.96. The van der Waals surface area contributed by atoms with Crippen molar-refractivity contribution in [2.24, 2.45) is 0 Å². The summed E-state index contributed by atoms with van der Waals surface area (Å²) in [7, 11) is 0. The summed E-state index contributed by atoms with van der Waals surface area (Å²) in [4.78, 5) is 0. The average Bonchev–Trinajstić information content (AvgIpc) is 1.74. The standard InChI is InChI=1S/C6H6F6O/c1-3-2-4(13-3,5(7,8)9)6(10,11)12/h3H,2H2,1H3. The van der Waals surface area contributed by atoms with E-state index in [1.165, 1.54) is 0 Å². The second kappa shape index (κ2) is 2.52. The third-order valence-corrected chi connectivity index (χ3v) is 1.89. The largest absolute Gasteiger partial charge is 0.426 e. The molecule has 0 aromatic rings. The van der Waals surface area contributed by atoms with Crippen LogP contribution >= 0.6 is 0 Å². The summed E-state index contributed by atoms with van der Waals surface area (Å²) in [6, 6.07) is 0. The van der Waals surface area contributed by atoms with E-state index >= 15 is 0 Å². The lowest BCUT2D eigenvalue weighted by Crippen LogP contribution is -2.67. The first-order chi connectivity index (χ1) is 5.60. The van der Waals surface area contributed by atoms with Crippen LogP contribution in [0.2, 0.25) is 0 Å². The number of rotatable bonds is 0. The number of hydrogen-bond donors (Lipinski definition) is 0. The minimum Gasteiger partial charge on any atom is -0.355 e. The highest BCUT2D eigenvalue weighted by Gasteiger charge is 2.77. The van der Waals surface area contributed by atoms with E-state index in [0.29, 0.717) is 0 Å². The quantitative estimate of drug-likeness (QED) is 0.556. The molecule has 1 heterocycles. The number of ether oxygens (including phenoxy) is 1. The predicted molar refractivity (Wildman–Crippen MR) is 30.0 cm³/mol. The van der Waals surface area contributed by atoms with Crippen LogP contribution in [0.15, 0.2) is 0 Å². The normalized spacial score (nSPS) is 28.4. The van der Waals surface area contributed by atoms with E-state index in [1.54, 1.807) is 0 Å². The van der Waals surface area contributed by atoms with E-state index in [0.717, 1.165) is 6.92 Å². The molecule has 13 heavy (non-hydrogen) atoms. The van der Waals surface area contributed by atoms with E-state index < -0.39 is 30.5 Å². The van der Waals surface area contributed by atoms with E-state index in [2.05, 4.69) is 4.74 Å². The van der Waals surface area contributed by atoms with Crippen molar-refractivity contribution in [1.29, 1.82) is 0 Å². The van der Waals surface area contributed by atoms with Crippen LogP contribution in [-0.2, 0) is 4.74 Å². The van der Waals surface area contributed by atoms with Crippen LogP contribution < -0.4 is 0 Å². The SMILES string of the molecule is CC1CC(C(F)(F)F)(C(F)(F)F)O1. The van der Waals surface area contributed by atoms with Crippen LogP contribution in [0.3, 0.4) is 0 Å². The van der Waals surface area contributed by atoms with Gasteiger partial charge in [0.05, 0.1) is 6.10 Å². The van der Waals surface area contributed by atoms with Crippen LogP contribution in [0.4, 0.5) is 26.3 Å². The van der Waals surface area contributed by atoms with Crippen LogP contribution in [0.5, 0.6) is 0 Å². The van der Waals surface area contributed by atoms with Crippen molar-refractivity contribution in [2.45, 2.75) is 37.4 Å². The summed E-state index contributed by atoms with van der Waals surface area (Å²) in [6.45, 7) is 1.16. The first-order valence-corrected chi connectivity index (χ1v) is 3.41. The Balaban J connectivity index is 2.93. The number of halogens is 6. The lowest BCUT2D eigenvalue weighted by atomic mass is 9.88. The molecule has 0 aliphatic carbocycles. The molecule has 1 nitrogen and oxygen atoms in total. The Morgan fingerprint density at radius 2 is 1.38 bits per heavy atom. The molecule has 0 spiro atoms. The minimum absolute atomic E-state index is 0.997. The van der Waals surface area contributed by atoms with Crippen LogP contribution in [0.25, 0.3) is 0 Å². The highest BCUT2D eigenvalue weighted by Crippen LogP contribution is 2.54. The molecule has 78 valence electrons. The third kappa shape index (κ3) is 1.38. The first-order valence-electron chi connectivity index (χ1n) is 3.41. The zero-order valence-corrected chi connectivity index (χ0v) is 6.46. The Kier molecular flexibility index (Phi) is 2.06. The molecule has 1 saturated heterocycles. The third-order valence-electron chi connectivity index (χ3n) is 1.89. The molecule has 0 saturated carbocycles. The van der Waals surface area contributed by atoms with Crippen molar-refractivity contribution in [2.75, 3.05) is 0 Å². The minimum atomic E-state index is -5.39. The van der Waals surface area contributed by atoms with Crippen molar-refractivity contribution < 1.29 is 31.1 Å². The van der Waals surface area contributed by atoms with E-state index in [-0.39, 0.29) is 0 Å². The fourth-order valence-corrected chi connectivity index (χ4v) is 1.26. The Labute approximate surface area is 69.7 Å². The summed E-state index contributed by atoms with van der Waals surface area (Å²) in [5.74, 6) is 0. The predicted octanol–water partition coefficient (Wildman–Crippen LogP) is 2.66. The van der Waals surface area contributed by atoms with Crippen molar-refractivity contribution in [3.63, 3.8) is 0 Å². The molecule has 1 unspecified atom stereocenters. The lowest BCUT2D eigenvalue weighted by Gasteiger charge is -2.47. The van der Waals surface area contributed by atoms with E-state index in [1.807, 2.05) is 0 Å². The zero-order valence-electron chi connectivity index (χ0n) is 6.46. The summed E-state index contributed by atoms with van der Waals surface area (Å²) >= 11 is 0. The molecule has 1 aliphatic rings. The van der Waals surface area contributed by atoms with Gasteiger partial charge in [0.15, 0.2) is 0 Å². The van der Waals surface area contributed by atoms with Crippen LogP contribution in [0.1, 0.15) is 13.3 Å². The molecule has 0 amide bonds. The van der Waals surface area contributed by atoms with Gasteiger partial charge in [-0.1, -0.05) is 0 Å². The maximum atomic E-state index is 12.0. The van der Waals surface area contributed by atoms with Gasteiger partial charge < -0.3 is 4.74 Å². The molecule has 1 rings (SSSR count). The molecule has 0 radical (unpaired) electrons. The van der Waals surface area contributed by atoms with Crippen molar-refractivity contribution >= 4 is 0 Å². The van der Waals surface area contributed by atoms with Crippen molar-refractivity contribution in [1.82, 2.24) is 0 Å². The van der Waals surface area contributed by atoms with Gasteiger partial charge in [0.1, 0.15) is 0 Å². The molecular weight excluding hydrogens is 202 g/mol. The molecule has 7 heteroatoms.